The third-order valence-electron chi connectivity index (χ3n) is 3.71. The van der Waals surface area contributed by atoms with Gasteiger partial charge in [0.25, 0.3) is 0 Å². The fourth-order valence-corrected chi connectivity index (χ4v) is 3.52. The van der Waals surface area contributed by atoms with Crippen molar-refractivity contribution < 1.29 is 19.0 Å². The summed E-state index contributed by atoms with van der Waals surface area (Å²) in [7, 11) is 2.77. The van der Waals surface area contributed by atoms with E-state index in [9.17, 15) is 4.79 Å². The molecule has 0 N–H and O–H groups in total. The van der Waals surface area contributed by atoms with E-state index in [1.165, 1.54) is 31.8 Å². The summed E-state index contributed by atoms with van der Waals surface area (Å²) >= 11 is 1.30. The molecule has 0 radical (unpaired) electrons. The number of benzene rings is 1. The van der Waals surface area contributed by atoms with Crippen LogP contribution in [0.1, 0.15) is 22.0 Å². The molecule has 27 heavy (non-hydrogen) atoms. The van der Waals surface area contributed by atoms with Gasteiger partial charge in [-0.15, -0.1) is 5.10 Å². The first-order valence-electron chi connectivity index (χ1n) is 7.87. The molecule has 0 saturated heterocycles. The van der Waals surface area contributed by atoms with Crippen LogP contribution in [0.5, 0.6) is 5.75 Å². The molecule has 0 spiro atoms. The van der Waals surface area contributed by atoms with Crippen LogP contribution in [0.2, 0.25) is 0 Å². The Morgan fingerprint density at radius 3 is 2.81 bits per heavy atom. The maximum absolute atomic E-state index is 12.0. The van der Waals surface area contributed by atoms with Crippen LogP contribution in [-0.2, 0) is 20.9 Å². The third kappa shape index (κ3) is 3.61. The maximum Gasteiger partial charge on any atom is 0.342 e. The van der Waals surface area contributed by atoms with Gasteiger partial charge in [-0.05, 0) is 19.1 Å². The van der Waals surface area contributed by atoms with Crippen molar-refractivity contribution in [1.29, 1.82) is 5.26 Å². The van der Waals surface area contributed by atoms with E-state index in [-0.39, 0.29) is 6.61 Å². The van der Waals surface area contributed by atoms with Crippen molar-refractivity contribution in [3.05, 3.63) is 52.5 Å². The number of aryl methyl sites for hydroxylation is 1. The van der Waals surface area contributed by atoms with Gasteiger partial charge in [0.15, 0.2) is 5.82 Å². The minimum Gasteiger partial charge on any atom is -0.503 e. The Kier molecular flexibility index (Phi) is 5.38. The number of para-hydroxylation sites is 1. The highest BCUT2D eigenvalue weighted by molar-refractivity contribution is 7.18. The smallest absolute Gasteiger partial charge is 0.342 e. The van der Waals surface area contributed by atoms with Crippen LogP contribution < -0.4 is 4.74 Å². The van der Waals surface area contributed by atoms with Crippen LogP contribution >= 0.6 is 11.3 Å². The van der Waals surface area contributed by atoms with Crippen LogP contribution in [0, 0.1) is 18.3 Å². The first-order valence-corrected chi connectivity index (χ1v) is 8.69. The van der Waals surface area contributed by atoms with Crippen molar-refractivity contribution >= 4 is 27.8 Å². The number of aromatic nitrogens is 3. The van der Waals surface area contributed by atoms with Crippen LogP contribution in [0.4, 0.5) is 0 Å². The number of esters is 1. The number of carbonyl (C=O) groups is 1. The molecule has 0 atom stereocenters. The van der Waals surface area contributed by atoms with Gasteiger partial charge < -0.3 is 14.2 Å². The fourth-order valence-electron chi connectivity index (χ4n) is 2.44. The molecular weight excluding hydrogens is 368 g/mol. The third-order valence-corrected chi connectivity index (χ3v) is 4.88. The highest BCUT2D eigenvalue weighted by atomic mass is 32.1. The minimum absolute atomic E-state index is 0.125. The van der Waals surface area contributed by atoms with Gasteiger partial charge in [-0.3, -0.25) is 0 Å². The normalized spacial score (nSPS) is 11.3. The second-order valence-electron chi connectivity index (χ2n) is 5.39. The van der Waals surface area contributed by atoms with Gasteiger partial charge in [0.05, 0.1) is 36.6 Å². The van der Waals surface area contributed by atoms with Crippen molar-refractivity contribution in [2.75, 3.05) is 14.2 Å². The molecule has 3 aromatic rings. The molecule has 138 valence electrons. The first-order chi connectivity index (χ1) is 13.1. The quantitative estimate of drug-likeness (QED) is 0.366. The van der Waals surface area contributed by atoms with Crippen LogP contribution in [0.25, 0.3) is 10.5 Å². The first kappa shape index (κ1) is 18.4. The van der Waals surface area contributed by atoms with E-state index >= 15 is 0 Å². The van der Waals surface area contributed by atoms with Crippen molar-refractivity contribution in [2.45, 2.75) is 13.5 Å². The largest absolute Gasteiger partial charge is 0.503 e. The summed E-state index contributed by atoms with van der Waals surface area (Å²) in [6.07, 6.45) is 1.34. The molecule has 8 nitrogen and oxygen atoms in total. The van der Waals surface area contributed by atoms with Crippen molar-refractivity contribution in [3.8, 4) is 11.8 Å². The number of carbonyl (C=O) groups excluding carboxylic acids is 1. The zero-order valence-corrected chi connectivity index (χ0v) is 15.7. The average molecular weight is 384 g/mol. The standard InChI is InChI=1S/C18H16N4O4S/c1-11-16(13(9-24-2)17(23)25-3)27-18-20-15(21-22(11)18)10-26-14-7-5-4-6-12(14)8-19/h4-7,9H,10H2,1-3H3/b13-9+. The number of nitriles is 1. The summed E-state index contributed by atoms with van der Waals surface area (Å²) in [6.45, 7) is 1.95. The SMILES string of the molecule is CO/C=C(/C(=O)OC)c1sc2nc(COc3ccccc3C#N)nn2c1C. The van der Waals surface area contributed by atoms with Crippen molar-refractivity contribution in [3.63, 3.8) is 0 Å². The molecule has 0 fully saturated rings. The number of hydrogen-bond acceptors (Lipinski definition) is 8. The lowest BCUT2D eigenvalue weighted by atomic mass is 10.2. The van der Waals surface area contributed by atoms with E-state index in [0.29, 0.717) is 32.5 Å². The number of nitrogens with zero attached hydrogens (tertiary/aromatic N) is 4. The number of hydrogen-bond donors (Lipinski definition) is 0. The molecule has 0 bridgehead atoms. The second-order valence-corrected chi connectivity index (χ2v) is 6.37. The Hall–Kier alpha value is -3.38. The molecule has 1 aromatic carbocycles. The van der Waals surface area contributed by atoms with E-state index in [1.54, 1.807) is 28.8 Å². The monoisotopic (exact) mass is 384 g/mol. The van der Waals surface area contributed by atoms with E-state index in [1.807, 2.05) is 6.92 Å². The van der Waals surface area contributed by atoms with E-state index in [0.717, 1.165) is 5.69 Å². The van der Waals surface area contributed by atoms with Crippen LogP contribution in [0.15, 0.2) is 30.5 Å². The molecule has 0 unspecified atom stereocenters. The molecule has 3 rings (SSSR count). The summed E-state index contributed by atoms with van der Waals surface area (Å²) in [5, 5.41) is 13.5. The van der Waals surface area contributed by atoms with Gasteiger partial charge in [0.2, 0.25) is 4.96 Å². The zero-order chi connectivity index (χ0) is 19.4. The molecule has 2 heterocycles. The lowest BCUT2D eigenvalue weighted by molar-refractivity contribution is -0.133. The van der Waals surface area contributed by atoms with Gasteiger partial charge in [0, 0.05) is 0 Å². The number of rotatable bonds is 6. The summed E-state index contributed by atoms with van der Waals surface area (Å²) < 4.78 is 17.1. The maximum atomic E-state index is 12.0. The molecular formula is C18H16N4O4S. The second kappa shape index (κ2) is 7.88. The topological polar surface area (TPSA) is 98.7 Å². The predicted octanol–water partition coefficient (Wildman–Crippen LogP) is 2.71. The van der Waals surface area contributed by atoms with E-state index in [4.69, 9.17) is 19.5 Å². The zero-order valence-electron chi connectivity index (χ0n) is 14.9. The lowest BCUT2D eigenvalue weighted by Crippen LogP contribution is -2.05. The minimum atomic E-state index is -0.499. The van der Waals surface area contributed by atoms with Gasteiger partial charge in [-0.25, -0.2) is 9.31 Å². The van der Waals surface area contributed by atoms with Gasteiger partial charge >= 0.3 is 5.97 Å². The summed E-state index contributed by atoms with van der Waals surface area (Å²) in [5.41, 5.74) is 1.49. The Bertz CT molecular complexity index is 1060. The Morgan fingerprint density at radius 2 is 2.15 bits per heavy atom. The molecule has 0 aliphatic carbocycles. The summed E-state index contributed by atoms with van der Waals surface area (Å²) in [4.78, 5) is 17.7. The molecule has 9 heteroatoms. The molecule has 0 saturated carbocycles. The molecule has 0 amide bonds. The van der Waals surface area contributed by atoms with Gasteiger partial charge in [-0.2, -0.15) is 10.2 Å². The Balaban J connectivity index is 1.86. The number of ether oxygens (including phenoxy) is 3. The number of fused-ring (bicyclic) bond motifs is 1. The van der Waals surface area contributed by atoms with Crippen LogP contribution in [-0.4, -0.2) is 34.8 Å². The van der Waals surface area contributed by atoms with Crippen molar-refractivity contribution in [2.24, 2.45) is 0 Å². The van der Waals surface area contributed by atoms with E-state index < -0.39 is 5.97 Å². The summed E-state index contributed by atoms with van der Waals surface area (Å²) in [5.74, 6) is 0.451. The Labute approximate surface area is 159 Å². The van der Waals surface area contributed by atoms with E-state index in [2.05, 4.69) is 16.2 Å². The predicted molar refractivity (Wildman–Crippen MR) is 98.1 cm³/mol. The molecule has 2 aromatic heterocycles. The number of thiazole rings is 1. The van der Waals surface area contributed by atoms with Gasteiger partial charge in [0.1, 0.15) is 24.0 Å². The summed E-state index contributed by atoms with van der Waals surface area (Å²) in [6, 6.07) is 9.05. The fraction of sp³-hybridized carbons (Fsp3) is 0.222. The highest BCUT2D eigenvalue weighted by Crippen LogP contribution is 2.29. The Morgan fingerprint density at radius 1 is 1.37 bits per heavy atom. The molecule has 0 aliphatic heterocycles. The lowest BCUT2D eigenvalue weighted by Gasteiger charge is -2.05. The van der Waals surface area contributed by atoms with Gasteiger partial charge in [-0.1, -0.05) is 23.5 Å². The highest BCUT2D eigenvalue weighted by Gasteiger charge is 2.22. The molecule has 0 aliphatic rings. The van der Waals surface area contributed by atoms with Crippen molar-refractivity contribution in [1.82, 2.24) is 14.6 Å². The number of methoxy groups -OCH3 is 2. The van der Waals surface area contributed by atoms with Crippen LogP contribution in [0.3, 0.4) is 0 Å². The average Bonchev–Trinajstić information content (AvgIpc) is 3.23.